The van der Waals surface area contributed by atoms with Crippen molar-refractivity contribution in [3.63, 3.8) is 0 Å². The number of nitrogens with zero attached hydrogens (tertiary/aromatic N) is 1. The second kappa shape index (κ2) is 5.96. The predicted octanol–water partition coefficient (Wildman–Crippen LogP) is 2.58. The Hall–Kier alpha value is -1.35. The molecule has 0 spiro atoms. The van der Waals surface area contributed by atoms with Crippen LogP contribution >= 0.6 is 27.5 Å². The molecule has 1 aromatic carbocycles. The summed E-state index contributed by atoms with van der Waals surface area (Å²) in [5.41, 5.74) is 2.71. The van der Waals surface area contributed by atoms with Crippen LogP contribution in [0.15, 0.2) is 45.9 Å². The minimum absolute atomic E-state index is 0.0263. The van der Waals surface area contributed by atoms with Crippen molar-refractivity contribution in [2.24, 2.45) is 5.84 Å². The van der Waals surface area contributed by atoms with E-state index in [1.54, 1.807) is 18.2 Å². The van der Waals surface area contributed by atoms with Crippen LogP contribution in [-0.2, 0) is 10.0 Å². The summed E-state index contributed by atoms with van der Waals surface area (Å²) >= 11 is 9.04. The Balaban J connectivity index is 2.30. The van der Waals surface area contributed by atoms with Crippen LogP contribution in [0.4, 0.5) is 11.5 Å². The van der Waals surface area contributed by atoms with E-state index < -0.39 is 10.0 Å². The number of nitrogens with one attached hydrogen (secondary N) is 2. The summed E-state index contributed by atoms with van der Waals surface area (Å²) in [6.07, 6.45) is 1.21. The van der Waals surface area contributed by atoms with Crippen LogP contribution in [0, 0.1) is 0 Å². The minimum atomic E-state index is -3.73. The van der Waals surface area contributed by atoms with Crippen molar-refractivity contribution in [2.45, 2.75) is 4.90 Å². The molecular formula is C11H10BrClN4O2S. The van der Waals surface area contributed by atoms with Gasteiger partial charge < -0.3 is 5.43 Å². The van der Waals surface area contributed by atoms with Gasteiger partial charge in [0.25, 0.3) is 10.0 Å². The van der Waals surface area contributed by atoms with Gasteiger partial charge in [-0.25, -0.2) is 19.2 Å². The highest BCUT2D eigenvalue weighted by atomic mass is 79.9. The van der Waals surface area contributed by atoms with Crippen molar-refractivity contribution in [1.29, 1.82) is 0 Å². The van der Waals surface area contributed by atoms with Crippen molar-refractivity contribution in [1.82, 2.24) is 4.98 Å². The summed E-state index contributed by atoms with van der Waals surface area (Å²) in [6.45, 7) is 0. The lowest BCUT2D eigenvalue weighted by Gasteiger charge is -2.10. The average molecular weight is 378 g/mol. The third-order valence-electron chi connectivity index (χ3n) is 2.37. The van der Waals surface area contributed by atoms with E-state index in [-0.39, 0.29) is 4.90 Å². The number of hydrazine groups is 1. The number of nitrogen functional groups attached to an aromatic ring is 1. The normalized spacial score (nSPS) is 11.2. The Morgan fingerprint density at radius 2 is 2.00 bits per heavy atom. The maximum atomic E-state index is 12.2. The summed E-state index contributed by atoms with van der Waals surface area (Å²) < 4.78 is 27.3. The molecule has 0 aliphatic heterocycles. The molecule has 0 saturated carbocycles. The van der Waals surface area contributed by atoms with Crippen molar-refractivity contribution < 1.29 is 8.42 Å². The van der Waals surface area contributed by atoms with Crippen molar-refractivity contribution in [3.05, 3.63) is 46.0 Å². The number of hydrogen-bond acceptors (Lipinski definition) is 5. The standard InChI is InChI=1S/C11H10BrClN4O2S/c12-9-5-7(13)1-3-10(9)17-20(18,19)8-2-4-11(16-14)15-6-8/h1-6,17H,14H2,(H,15,16). The Kier molecular flexibility index (Phi) is 4.48. The topological polar surface area (TPSA) is 97.1 Å². The average Bonchev–Trinajstić information content (AvgIpc) is 2.42. The van der Waals surface area contributed by atoms with E-state index in [0.29, 0.717) is 21.0 Å². The Bertz CT molecular complexity index is 722. The van der Waals surface area contributed by atoms with Crippen molar-refractivity contribution >= 4 is 49.1 Å². The summed E-state index contributed by atoms with van der Waals surface area (Å²) in [7, 11) is -3.73. The fourth-order valence-electron chi connectivity index (χ4n) is 1.40. The van der Waals surface area contributed by atoms with Crippen LogP contribution < -0.4 is 16.0 Å². The van der Waals surface area contributed by atoms with Gasteiger partial charge in [-0.15, -0.1) is 0 Å². The number of aromatic nitrogens is 1. The highest BCUT2D eigenvalue weighted by Gasteiger charge is 2.16. The maximum absolute atomic E-state index is 12.2. The van der Waals surface area contributed by atoms with Crippen LogP contribution in [0.5, 0.6) is 0 Å². The minimum Gasteiger partial charge on any atom is -0.308 e. The van der Waals surface area contributed by atoms with Crippen LogP contribution in [0.3, 0.4) is 0 Å². The molecule has 2 rings (SSSR count). The smallest absolute Gasteiger partial charge is 0.263 e. The highest BCUT2D eigenvalue weighted by molar-refractivity contribution is 9.10. The first-order valence-electron chi connectivity index (χ1n) is 5.33. The zero-order valence-corrected chi connectivity index (χ0v) is 13.1. The Labute approximate surface area is 129 Å². The van der Waals surface area contributed by atoms with E-state index in [1.165, 1.54) is 18.3 Å². The van der Waals surface area contributed by atoms with Crippen LogP contribution in [0.2, 0.25) is 5.02 Å². The van der Waals surface area contributed by atoms with Crippen LogP contribution in [-0.4, -0.2) is 13.4 Å². The third kappa shape index (κ3) is 3.40. The molecule has 0 aliphatic rings. The molecular weight excluding hydrogens is 368 g/mol. The molecule has 0 aliphatic carbocycles. The van der Waals surface area contributed by atoms with Crippen molar-refractivity contribution in [3.8, 4) is 0 Å². The second-order valence-electron chi connectivity index (χ2n) is 3.75. The first kappa shape index (κ1) is 15.0. The zero-order chi connectivity index (χ0) is 14.8. The zero-order valence-electron chi connectivity index (χ0n) is 9.97. The first-order chi connectivity index (χ1) is 9.42. The van der Waals surface area contributed by atoms with Gasteiger partial charge in [0.15, 0.2) is 0 Å². The number of halogens is 2. The lowest BCUT2D eigenvalue weighted by Crippen LogP contribution is -2.14. The van der Waals surface area contributed by atoms with E-state index in [9.17, 15) is 8.42 Å². The summed E-state index contributed by atoms with van der Waals surface area (Å²) in [5.74, 6) is 5.54. The molecule has 0 atom stereocenters. The number of hydrogen-bond donors (Lipinski definition) is 3. The lowest BCUT2D eigenvalue weighted by atomic mass is 10.3. The van der Waals surface area contributed by atoms with Gasteiger partial charge in [-0.3, -0.25) is 4.72 Å². The van der Waals surface area contributed by atoms with Crippen molar-refractivity contribution in [2.75, 3.05) is 10.1 Å². The van der Waals surface area contributed by atoms with Crippen LogP contribution in [0.1, 0.15) is 0 Å². The molecule has 4 N–H and O–H groups in total. The van der Waals surface area contributed by atoms with E-state index in [4.69, 9.17) is 17.4 Å². The maximum Gasteiger partial charge on any atom is 0.263 e. The van der Waals surface area contributed by atoms with E-state index >= 15 is 0 Å². The molecule has 0 radical (unpaired) electrons. The van der Waals surface area contributed by atoms with E-state index in [1.807, 2.05) is 0 Å². The molecule has 0 fully saturated rings. The highest BCUT2D eigenvalue weighted by Crippen LogP contribution is 2.27. The Morgan fingerprint density at radius 1 is 1.25 bits per heavy atom. The van der Waals surface area contributed by atoms with E-state index in [2.05, 4.69) is 31.1 Å². The first-order valence-corrected chi connectivity index (χ1v) is 7.98. The molecule has 2 aromatic rings. The van der Waals surface area contributed by atoms with Gasteiger partial charge in [-0.2, -0.15) is 0 Å². The predicted molar refractivity (Wildman–Crippen MR) is 82.0 cm³/mol. The van der Waals surface area contributed by atoms with Gasteiger partial charge in [-0.1, -0.05) is 11.6 Å². The van der Waals surface area contributed by atoms with Crippen LogP contribution in [0.25, 0.3) is 0 Å². The number of anilines is 2. The fourth-order valence-corrected chi connectivity index (χ4v) is 3.34. The van der Waals surface area contributed by atoms with E-state index in [0.717, 1.165) is 0 Å². The van der Waals surface area contributed by atoms with Gasteiger partial charge in [0.05, 0.1) is 5.69 Å². The number of nitrogens with two attached hydrogens (primary N) is 1. The SMILES string of the molecule is NNc1ccc(S(=O)(=O)Nc2ccc(Cl)cc2Br)cn1. The molecule has 1 aromatic heterocycles. The molecule has 0 saturated heterocycles. The van der Waals surface area contributed by atoms with Gasteiger partial charge >= 0.3 is 0 Å². The Morgan fingerprint density at radius 3 is 2.55 bits per heavy atom. The molecule has 9 heteroatoms. The largest absolute Gasteiger partial charge is 0.308 e. The molecule has 6 nitrogen and oxygen atoms in total. The molecule has 0 bridgehead atoms. The molecule has 0 amide bonds. The lowest BCUT2D eigenvalue weighted by molar-refractivity contribution is 0.601. The number of rotatable bonds is 4. The van der Waals surface area contributed by atoms with Gasteiger partial charge in [-0.05, 0) is 46.3 Å². The van der Waals surface area contributed by atoms with Gasteiger partial charge in [0.2, 0.25) is 0 Å². The molecule has 0 unspecified atom stereocenters. The second-order valence-corrected chi connectivity index (χ2v) is 6.73. The summed E-state index contributed by atoms with van der Waals surface area (Å²) in [4.78, 5) is 3.88. The fraction of sp³-hybridized carbons (Fsp3) is 0. The molecule has 106 valence electrons. The number of sulfonamides is 1. The monoisotopic (exact) mass is 376 g/mol. The van der Waals surface area contributed by atoms with Gasteiger partial charge in [0.1, 0.15) is 10.7 Å². The molecule has 1 heterocycles. The summed E-state index contributed by atoms with van der Waals surface area (Å²) in [5, 5.41) is 0.500. The van der Waals surface area contributed by atoms with Gasteiger partial charge in [0, 0.05) is 15.7 Å². The third-order valence-corrected chi connectivity index (χ3v) is 4.61. The number of benzene rings is 1. The number of pyridine rings is 1. The quantitative estimate of drug-likeness (QED) is 0.562. The summed E-state index contributed by atoms with van der Waals surface area (Å²) in [6, 6.07) is 7.61. The molecule has 20 heavy (non-hydrogen) atoms.